The highest BCUT2D eigenvalue weighted by Gasteiger charge is 2.32. The fraction of sp³-hybridized carbons (Fsp3) is 0.450. The zero-order chi connectivity index (χ0) is 21.3. The topological polar surface area (TPSA) is 129 Å². The number of carbonyl (C=O) groups is 2. The zero-order valence-electron chi connectivity index (χ0n) is 16.9. The number of carbonyl (C=O) groups excluding carboxylic acids is 2. The number of aromatic amines is 1. The lowest BCUT2D eigenvalue weighted by molar-refractivity contribution is -0.132. The standard InChI is InChI=1S/C20H23N7O3/c1-12-5-8-26(17(29)3-6-21)10-15(12)27-18-13-4-7-22-19(13)23-9-14(18)20(25-27)24-16(28)11-30-2/h4,7,9,12,15,25H,3,5,8,10-11H2,1-2H3,(H,24,28)/t12-,15+/m1/s1. The molecule has 1 aliphatic heterocycles. The molecule has 0 spiro atoms. The first-order chi connectivity index (χ1) is 14.5. The molecule has 1 fully saturated rings. The van der Waals surface area contributed by atoms with E-state index in [1.807, 2.05) is 16.8 Å². The second kappa shape index (κ2) is 8.12. The van der Waals surface area contributed by atoms with Crippen LogP contribution < -0.4 is 5.32 Å². The van der Waals surface area contributed by atoms with Gasteiger partial charge in [0.05, 0.1) is 23.0 Å². The highest BCUT2D eigenvalue weighted by molar-refractivity contribution is 6.09. The van der Waals surface area contributed by atoms with E-state index in [4.69, 9.17) is 10.00 Å². The fourth-order valence-corrected chi connectivity index (χ4v) is 4.07. The number of amides is 2. The Morgan fingerprint density at radius 2 is 2.23 bits per heavy atom. The number of nitrogens with one attached hydrogen (secondary N) is 2. The number of nitrogens with zero attached hydrogens (tertiary/aromatic N) is 5. The third-order valence-corrected chi connectivity index (χ3v) is 5.62. The van der Waals surface area contributed by atoms with E-state index in [0.29, 0.717) is 24.6 Å². The van der Waals surface area contributed by atoms with Crippen LogP contribution in [0.2, 0.25) is 0 Å². The van der Waals surface area contributed by atoms with Crippen molar-refractivity contribution in [1.82, 2.24) is 24.6 Å². The van der Waals surface area contributed by atoms with E-state index in [-0.39, 0.29) is 36.8 Å². The van der Waals surface area contributed by atoms with Crippen LogP contribution in [-0.2, 0) is 14.3 Å². The van der Waals surface area contributed by atoms with Gasteiger partial charge in [-0.3, -0.25) is 19.4 Å². The lowest BCUT2D eigenvalue weighted by Gasteiger charge is -2.37. The van der Waals surface area contributed by atoms with Gasteiger partial charge in [-0.1, -0.05) is 6.92 Å². The van der Waals surface area contributed by atoms with Gasteiger partial charge in [-0.25, -0.2) is 9.97 Å². The second-order valence-electron chi connectivity index (χ2n) is 7.55. The van der Waals surface area contributed by atoms with E-state index in [9.17, 15) is 9.59 Å². The Morgan fingerprint density at radius 1 is 1.40 bits per heavy atom. The van der Waals surface area contributed by atoms with Crippen molar-refractivity contribution < 1.29 is 14.3 Å². The molecular weight excluding hydrogens is 386 g/mol. The SMILES string of the molecule is COCC(=O)Nc1[nH]n([C@H]2CN(C(=O)CC#N)CC[C@H]2C)c2c1cnc1nccc12. The molecular formula is C20H23N7O3. The van der Waals surface area contributed by atoms with E-state index in [1.54, 1.807) is 17.3 Å². The Kier molecular flexibility index (Phi) is 5.37. The van der Waals surface area contributed by atoms with E-state index in [0.717, 1.165) is 22.7 Å². The van der Waals surface area contributed by atoms with Crippen molar-refractivity contribution in [2.45, 2.75) is 25.8 Å². The number of piperidine rings is 1. The Hall–Kier alpha value is -3.45. The monoisotopic (exact) mass is 409 g/mol. The van der Waals surface area contributed by atoms with Gasteiger partial charge in [0.15, 0.2) is 5.65 Å². The van der Waals surface area contributed by atoms with Gasteiger partial charge in [0, 0.05) is 38.0 Å². The third kappa shape index (κ3) is 3.48. The molecule has 0 saturated carbocycles. The molecule has 0 unspecified atom stereocenters. The van der Waals surface area contributed by atoms with Crippen LogP contribution in [0, 0.1) is 17.2 Å². The number of methoxy groups -OCH3 is 1. The first-order valence-electron chi connectivity index (χ1n) is 9.80. The summed E-state index contributed by atoms with van der Waals surface area (Å²) in [5.41, 5.74) is 1.49. The van der Waals surface area contributed by atoms with Crippen LogP contribution in [0.3, 0.4) is 0 Å². The maximum absolute atomic E-state index is 12.3. The van der Waals surface area contributed by atoms with Gasteiger partial charge in [-0.05, 0) is 18.4 Å². The van der Waals surface area contributed by atoms with Crippen LogP contribution in [0.15, 0.2) is 18.5 Å². The number of ether oxygens (including phenoxy) is 1. The van der Waals surface area contributed by atoms with Gasteiger partial charge >= 0.3 is 0 Å². The van der Waals surface area contributed by atoms with Gasteiger partial charge in [0.2, 0.25) is 5.91 Å². The number of fused-ring (bicyclic) bond motifs is 3. The summed E-state index contributed by atoms with van der Waals surface area (Å²) in [6.07, 6.45) is 4.07. The molecule has 1 saturated heterocycles. The number of hydrogen-bond donors (Lipinski definition) is 2. The van der Waals surface area contributed by atoms with E-state index in [2.05, 4.69) is 27.3 Å². The van der Waals surface area contributed by atoms with Crippen LogP contribution in [0.25, 0.3) is 21.9 Å². The number of H-pyrrole nitrogens is 1. The largest absolute Gasteiger partial charge is 0.375 e. The lowest BCUT2D eigenvalue weighted by Crippen LogP contribution is -2.44. The maximum Gasteiger partial charge on any atom is 0.251 e. The van der Waals surface area contributed by atoms with E-state index < -0.39 is 0 Å². The van der Waals surface area contributed by atoms with Gasteiger partial charge in [0.25, 0.3) is 5.91 Å². The summed E-state index contributed by atoms with van der Waals surface area (Å²) in [4.78, 5) is 34.9. The maximum atomic E-state index is 12.3. The molecule has 30 heavy (non-hydrogen) atoms. The molecule has 2 N–H and O–H groups in total. The van der Waals surface area contributed by atoms with E-state index >= 15 is 0 Å². The van der Waals surface area contributed by atoms with Crippen LogP contribution >= 0.6 is 0 Å². The number of aromatic nitrogens is 4. The molecule has 1 aliphatic rings. The Balaban J connectivity index is 1.80. The zero-order valence-corrected chi connectivity index (χ0v) is 16.9. The van der Waals surface area contributed by atoms with Crippen LogP contribution in [-0.4, -0.2) is 63.3 Å². The van der Waals surface area contributed by atoms with Crippen molar-refractivity contribution in [2.24, 2.45) is 5.92 Å². The number of hydrogen-bond acceptors (Lipinski definition) is 6. The number of nitriles is 1. The third-order valence-electron chi connectivity index (χ3n) is 5.62. The number of anilines is 1. The quantitative estimate of drug-likeness (QED) is 0.661. The van der Waals surface area contributed by atoms with Crippen LogP contribution in [0.1, 0.15) is 25.8 Å². The molecule has 0 radical (unpaired) electrons. The highest BCUT2D eigenvalue weighted by atomic mass is 16.5. The predicted octanol–water partition coefficient (Wildman–Crippen LogP) is 1.82. The van der Waals surface area contributed by atoms with Gasteiger partial charge in [-0.15, -0.1) is 0 Å². The molecule has 0 bridgehead atoms. The Labute approximate surface area is 172 Å². The van der Waals surface area contributed by atoms with Gasteiger partial charge in [-0.2, -0.15) is 5.26 Å². The molecule has 2 atom stereocenters. The van der Waals surface area contributed by atoms with Crippen molar-refractivity contribution >= 4 is 39.6 Å². The number of pyridine rings is 1. The number of likely N-dealkylation sites (tertiary alicyclic amines) is 1. The van der Waals surface area contributed by atoms with Crippen LogP contribution in [0.5, 0.6) is 0 Å². The summed E-state index contributed by atoms with van der Waals surface area (Å²) in [6, 6.07) is 3.77. The summed E-state index contributed by atoms with van der Waals surface area (Å²) in [6.45, 7) is 3.18. The van der Waals surface area contributed by atoms with Gasteiger partial charge < -0.3 is 15.0 Å². The average molecular weight is 409 g/mol. The second-order valence-corrected chi connectivity index (χ2v) is 7.55. The average Bonchev–Trinajstić information content (AvgIpc) is 3.33. The summed E-state index contributed by atoms with van der Waals surface area (Å²) < 4.78 is 6.92. The van der Waals surface area contributed by atoms with Crippen molar-refractivity contribution in [3.8, 4) is 6.07 Å². The molecule has 4 rings (SSSR count). The first-order valence-corrected chi connectivity index (χ1v) is 9.80. The summed E-state index contributed by atoms with van der Waals surface area (Å²) in [5, 5.41) is 16.7. The van der Waals surface area contributed by atoms with Gasteiger partial charge in [0.1, 0.15) is 18.8 Å². The van der Waals surface area contributed by atoms with Crippen molar-refractivity contribution in [3.63, 3.8) is 0 Å². The predicted molar refractivity (Wildman–Crippen MR) is 110 cm³/mol. The minimum Gasteiger partial charge on any atom is -0.375 e. The fourth-order valence-electron chi connectivity index (χ4n) is 4.07. The minimum atomic E-state index is -0.281. The summed E-state index contributed by atoms with van der Waals surface area (Å²) in [7, 11) is 1.46. The molecule has 4 heterocycles. The molecule has 0 aromatic carbocycles. The summed E-state index contributed by atoms with van der Waals surface area (Å²) >= 11 is 0. The lowest BCUT2D eigenvalue weighted by atomic mass is 9.93. The smallest absolute Gasteiger partial charge is 0.251 e. The van der Waals surface area contributed by atoms with Crippen molar-refractivity contribution in [1.29, 1.82) is 5.26 Å². The van der Waals surface area contributed by atoms with Crippen molar-refractivity contribution in [2.75, 3.05) is 32.1 Å². The number of rotatable bonds is 5. The normalized spacial score (nSPS) is 19.2. The van der Waals surface area contributed by atoms with Crippen LogP contribution in [0.4, 0.5) is 5.82 Å². The molecule has 2 amide bonds. The highest BCUT2D eigenvalue weighted by Crippen LogP contribution is 2.35. The minimum absolute atomic E-state index is 0.0579. The molecule has 10 nitrogen and oxygen atoms in total. The van der Waals surface area contributed by atoms with E-state index in [1.165, 1.54) is 7.11 Å². The molecule has 10 heteroatoms. The Morgan fingerprint density at radius 3 is 3.00 bits per heavy atom. The van der Waals surface area contributed by atoms with Crippen molar-refractivity contribution in [3.05, 3.63) is 18.5 Å². The summed E-state index contributed by atoms with van der Waals surface area (Å²) in [5.74, 6) is 0.351. The molecule has 3 aromatic rings. The molecule has 0 aliphatic carbocycles. The molecule has 156 valence electrons. The first kappa shape index (κ1) is 19.8. The Bertz CT molecular complexity index is 1140. The molecule has 3 aromatic heterocycles.